The van der Waals surface area contributed by atoms with Gasteiger partial charge in [-0.2, -0.15) is 0 Å². The Morgan fingerprint density at radius 3 is 2.90 bits per heavy atom. The lowest BCUT2D eigenvalue weighted by atomic mass is 9.97. The van der Waals surface area contributed by atoms with E-state index in [9.17, 15) is 0 Å². The van der Waals surface area contributed by atoms with Crippen molar-refractivity contribution in [2.24, 2.45) is 0 Å². The largest absolute Gasteiger partial charge is 0.454 e. The molecule has 0 fully saturated rings. The van der Waals surface area contributed by atoms with Crippen LogP contribution in [0.3, 0.4) is 0 Å². The molecular weight excluding hydrogens is 398 g/mol. The number of aromatic nitrogens is 4. The van der Waals surface area contributed by atoms with Crippen LogP contribution in [0.15, 0.2) is 36.8 Å². The topological polar surface area (TPSA) is 82.1 Å². The fourth-order valence-corrected chi connectivity index (χ4v) is 5.31. The minimum atomic E-state index is 0.279. The van der Waals surface area contributed by atoms with Crippen molar-refractivity contribution >= 4 is 27.4 Å². The van der Waals surface area contributed by atoms with Gasteiger partial charge in [0.2, 0.25) is 6.79 Å². The summed E-state index contributed by atoms with van der Waals surface area (Å²) in [6, 6.07) is 6.01. The number of ether oxygens (including phenoxy) is 2. The van der Waals surface area contributed by atoms with Gasteiger partial charge >= 0.3 is 0 Å². The van der Waals surface area contributed by atoms with E-state index in [0.29, 0.717) is 18.1 Å². The Bertz CT molecular complexity index is 1240. The van der Waals surface area contributed by atoms with Gasteiger partial charge in [-0.3, -0.25) is 4.98 Å². The first-order valence-corrected chi connectivity index (χ1v) is 10.9. The van der Waals surface area contributed by atoms with Gasteiger partial charge in [-0.15, -0.1) is 11.3 Å². The maximum Gasteiger partial charge on any atom is 0.231 e. The Hall–Kier alpha value is -3.26. The number of anilines is 1. The third-order valence-electron chi connectivity index (χ3n) is 5.50. The Kier molecular flexibility index (Phi) is 4.23. The molecule has 1 N–H and O–H groups in total. The van der Waals surface area contributed by atoms with Crippen LogP contribution >= 0.6 is 11.3 Å². The minimum absolute atomic E-state index is 0.279. The number of benzene rings is 1. The molecule has 0 atom stereocenters. The van der Waals surface area contributed by atoms with Crippen molar-refractivity contribution in [1.82, 2.24) is 19.9 Å². The summed E-state index contributed by atoms with van der Waals surface area (Å²) in [6.45, 7) is 0.911. The summed E-state index contributed by atoms with van der Waals surface area (Å²) in [5, 5.41) is 4.71. The maximum absolute atomic E-state index is 5.51. The van der Waals surface area contributed by atoms with Crippen molar-refractivity contribution in [2.45, 2.75) is 32.2 Å². The minimum Gasteiger partial charge on any atom is -0.454 e. The molecule has 6 rings (SSSR count). The first-order valence-electron chi connectivity index (χ1n) is 10.1. The first-order chi connectivity index (χ1) is 14.8. The number of hydrogen-bond donors (Lipinski definition) is 1. The molecule has 2 aliphatic rings. The Balaban J connectivity index is 1.41. The predicted molar refractivity (Wildman–Crippen MR) is 115 cm³/mol. The van der Waals surface area contributed by atoms with Gasteiger partial charge < -0.3 is 14.8 Å². The average molecular weight is 417 g/mol. The molecular formula is C22H19N5O2S. The molecule has 0 amide bonds. The molecule has 7 nitrogen and oxygen atoms in total. The summed E-state index contributed by atoms with van der Waals surface area (Å²) in [5.74, 6) is 3.04. The van der Waals surface area contributed by atoms with Crippen molar-refractivity contribution in [3.05, 3.63) is 52.8 Å². The van der Waals surface area contributed by atoms with Crippen LogP contribution in [0.4, 0.5) is 5.82 Å². The smallest absolute Gasteiger partial charge is 0.231 e. The number of thiophene rings is 1. The lowest BCUT2D eigenvalue weighted by Crippen LogP contribution is -2.06. The van der Waals surface area contributed by atoms with Crippen LogP contribution in [0.2, 0.25) is 0 Å². The lowest BCUT2D eigenvalue weighted by molar-refractivity contribution is 0.174. The molecule has 30 heavy (non-hydrogen) atoms. The van der Waals surface area contributed by atoms with Crippen LogP contribution in [0.1, 0.15) is 28.8 Å². The lowest BCUT2D eigenvalue weighted by Gasteiger charge is -2.13. The Morgan fingerprint density at radius 1 is 1.03 bits per heavy atom. The number of hydrogen-bond acceptors (Lipinski definition) is 8. The monoisotopic (exact) mass is 417 g/mol. The standard InChI is InChI=1S/C22H19N5O2S/c1-2-4-18-14(3-1)19-21(25-10-13-5-6-16-17(9-13)29-12-28-16)26-20(27-22(19)30-18)15-11-23-7-8-24-15/h5-9,11H,1-4,10,12H2,(H,25,26,27). The number of nitrogens with one attached hydrogen (secondary N) is 1. The summed E-state index contributed by atoms with van der Waals surface area (Å²) in [7, 11) is 0. The van der Waals surface area contributed by atoms with Crippen molar-refractivity contribution in [2.75, 3.05) is 12.1 Å². The summed E-state index contributed by atoms with van der Waals surface area (Å²) in [6.07, 6.45) is 9.69. The van der Waals surface area contributed by atoms with Crippen molar-refractivity contribution < 1.29 is 9.47 Å². The van der Waals surface area contributed by atoms with Crippen molar-refractivity contribution in [3.8, 4) is 23.0 Å². The second kappa shape index (κ2) is 7.21. The van der Waals surface area contributed by atoms with Gasteiger partial charge in [0.15, 0.2) is 17.3 Å². The Labute approximate surface area is 177 Å². The van der Waals surface area contributed by atoms with Crippen LogP contribution in [-0.4, -0.2) is 26.7 Å². The number of fused-ring (bicyclic) bond motifs is 4. The highest BCUT2D eigenvalue weighted by Gasteiger charge is 2.22. The van der Waals surface area contributed by atoms with E-state index >= 15 is 0 Å². The molecule has 0 bridgehead atoms. The highest BCUT2D eigenvalue weighted by atomic mass is 32.1. The molecule has 4 heterocycles. The van der Waals surface area contributed by atoms with E-state index in [1.165, 1.54) is 23.3 Å². The van der Waals surface area contributed by atoms with Crippen LogP contribution in [0.25, 0.3) is 21.7 Å². The van der Waals surface area contributed by atoms with Gasteiger partial charge in [-0.25, -0.2) is 15.0 Å². The predicted octanol–water partition coefficient (Wildman–Crippen LogP) is 4.37. The average Bonchev–Trinajstić information content (AvgIpc) is 3.41. The molecule has 0 radical (unpaired) electrons. The zero-order chi connectivity index (χ0) is 19.9. The molecule has 1 aliphatic heterocycles. The van der Waals surface area contributed by atoms with E-state index in [0.717, 1.165) is 45.9 Å². The highest BCUT2D eigenvalue weighted by molar-refractivity contribution is 7.19. The second-order valence-electron chi connectivity index (χ2n) is 7.42. The van der Waals surface area contributed by atoms with Gasteiger partial charge in [-0.05, 0) is 48.9 Å². The zero-order valence-corrected chi connectivity index (χ0v) is 17.0. The van der Waals surface area contributed by atoms with Crippen LogP contribution in [0.5, 0.6) is 11.5 Å². The van der Waals surface area contributed by atoms with Crippen molar-refractivity contribution in [3.63, 3.8) is 0 Å². The third-order valence-corrected chi connectivity index (χ3v) is 6.69. The molecule has 0 spiro atoms. The van der Waals surface area contributed by atoms with E-state index in [1.807, 2.05) is 18.2 Å². The molecule has 4 aromatic rings. The molecule has 150 valence electrons. The fraction of sp³-hybridized carbons (Fsp3) is 0.273. The van der Waals surface area contributed by atoms with Crippen LogP contribution in [-0.2, 0) is 19.4 Å². The Morgan fingerprint density at radius 2 is 1.97 bits per heavy atom. The van der Waals surface area contributed by atoms with Crippen LogP contribution < -0.4 is 14.8 Å². The first kappa shape index (κ1) is 17.6. The van der Waals surface area contributed by atoms with Gasteiger partial charge in [0.1, 0.15) is 16.3 Å². The molecule has 0 saturated heterocycles. The van der Waals surface area contributed by atoms with E-state index < -0.39 is 0 Å². The van der Waals surface area contributed by atoms with Gasteiger partial charge in [0, 0.05) is 23.8 Å². The quantitative estimate of drug-likeness (QED) is 0.528. The molecule has 3 aromatic heterocycles. The van der Waals surface area contributed by atoms with Gasteiger partial charge in [0.05, 0.1) is 11.6 Å². The normalized spacial score (nSPS) is 14.7. The van der Waals surface area contributed by atoms with E-state index in [-0.39, 0.29) is 6.79 Å². The number of rotatable bonds is 4. The summed E-state index contributed by atoms with van der Waals surface area (Å²) in [4.78, 5) is 20.7. The summed E-state index contributed by atoms with van der Waals surface area (Å²) < 4.78 is 10.9. The third kappa shape index (κ3) is 3.04. The zero-order valence-electron chi connectivity index (χ0n) is 16.2. The van der Waals surface area contributed by atoms with E-state index in [4.69, 9.17) is 19.4 Å². The highest BCUT2D eigenvalue weighted by Crippen LogP contribution is 2.40. The van der Waals surface area contributed by atoms with Gasteiger partial charge in [0.25, 0.3) is 0 Å². The number of nitrogens with zero attached hydrogens (tertiary/aromatic N) is 4. The van der Waals surface area contributed by atoms with E-state index in [1.54, 1.807) is 29.9 Å². The summed E-state index contributed by atoms with van der Waals surface area (Å²) in [5.41, 5.74) is 3.19. The van der Waals surface area contributed by atoms with E-state index in [2.05, 4.69) is 15.3 Å². The van der Waals surface area contributed by atoms with Gasteiger partial charge in [-0.1, -0.05) is 6.07 Å². The maximum atomic E-state index is 5.51. The molecule has 8 heteroatoms. The SMILES string of the molecule is c1cnc(-c2nc(NCc3ccc4c(c3)OCO4)c3c4c(sc3n2)CCCC4)cn1. The molecule has 1 aliphatic carbocycles. The van der Waals surface area contributed by atoms with Crippen LogP contribution in [0, 0.1) is 0 Å². The molecule has 0 unspecified atom stereocenters. The molecule has 1 aromatic carbocycles. The second-order valence-corrected chi connectivity index (χ2v) is 8.50. The van der Waals surface area contributed by atoms with Crippen molar-refractivity contribution in [1.29, 1.82) is 0 Å². The summed E-state index contributed by atoms with van der Waals surface area (Å²) >= 11 is 1.78. The fourth-order valence-electron chi connectivity index (χ4n) is 4.05. The molecule has 0 saturated carbocycles. The number of aryl methyl sites for hydroxylation is 2.